The van der Waals surface area contributed by atoms with Gasteiger partial charge in [-0.15, -0.1) is 11.3 Å². The number of aromatic nitrogens is 1. The van der Waals surface area contributed by atoms with Crippen LogP contribution in [0.3, 0.4) is 0 Å². The van der Waals surface area contributed by atoms with Crippen molar-refractivity contribution in [1.82, 2.24) is 14.8 Å². The Balaban J connectivity index is 1.50. The molecule has 0 radical (unpaired) electrons. The highest BCUT2D eigenvalue weighted by Gasteiger charge is 2.31. The van der Waals surface area contributed by atoms with Crippen LogP contribution in [0.25, 0.3) is 10.6 Å². The highest BCUT2D eigenvalue weighted by molar-refractivity contribution is 7.15. The number of carbonyl (C=O) groups is 2. The van der Waals surface area contributed by atoms with Gasteiger partial charge in [0.25, 0.3) is 0 Å². The van der Waals surface area contributed by atoms with Crippen LogP contribution in [0.15, 0.2) is 18.3 Å². The summed E-state index contributed by atoms with van der Waals surface area (Å²) in [5.74, 6) is 1.36. The van der Waals surface area contributed by atoms with E-state index in [9.17, 15) is 9.59 Å². The van der Waals surface area contributed by atoms with E-state index in [1.807, 2.05) is 11.1 Å². The van der Waals surface area contributed by atoms with E-state index in [1.54, 1.807) is 18.4 Å². The van der Waals surface area contributed by atoms with Gasteiger partial charge in [0, 0.05) is 40.9 Å². The molecule has 0 N–H and O–H groups in total. The third kappa shape index (κ3) is 5.53. The van der Waals surface area contributed by atoms with Crippen LogP contribution in [0.2, 0.25) is 0 Å². The molecule has 1 aromatic carbocycles. The molecule has 3 heterocycles. The fourth-order valence-electron chi connectivity index (χ4n) is 4.94. The Morgan fingerprint density at radius 3 is 2.19 bits per heavy atom. The highest BCUT2D eigenvalue weighted by Crippen LogP contribution is 2.44. The van der Waals surface area contributed by atoms with Crippen LogP contribution in [-0.2, 0) is 20.4 Å². The van der Waals surface area contributed by atoms with E-state index in [1.165, 1.54) is 20.9 Å². The Labute approximate surface area is 218 Å². The van der Waals surface area contributed by atoms with E-state index in [2.05, 4.69) is 53.7 Å². The maximum Gasteiger partial charge on any atom is 0.410 e. The molecule has 2 aromatic rings. The summed E-state index contributed by atoms with van der Waals surface area (Å²) in [4.78, 5) is 33.8. The summed E-state index contributed by atoms with van der Waals surface area (Å²) in [6.45, 7) is 15.7. The molecule has 0 atom stereocenters. The summed E-state index contributed by atoms with van der Waals surface area (Å²) >= 11 is 1.76. The van der Waals surface area contributed by atoms with Crippen LogP contribution in [0.1, 0.15) is 76.3 Å². The molecule has 0 saturated carbocycles. The average Bonchev–Trinajstić information content (AvgIpc) is 3.46. The number of likely N-dealkylation sites (tertiary alicyclic amines) is 1. The lowest BCUT2D eigenvalue weighted by molar-refractivity contribution is -0.132. The van der Waals surface area contributed by atoms with Crippen molar-refractivity contribution in [1.29, 1.82) is 0 Å². The second-order valence-electron chi connectivity index (χ2n) is 11.9. The molecule has 0 spiro atoms. The van der Waals surface area contributed by atoms with Gasteiger partial charge in [-0.25, -0.2) is 9.78 Å². The summed E-state index contributed by atoms with van der Waals surface area (Å²) in [6, 6.07) is 4.47. The van der Waals surface area contributed by atoms with Gasteiger partial charge in [-0.05, 0) is 41.7 Å². The summed E-state index contributed by atoms with van der Waals surface area (Å²) < 4.78 is 10.9. The van der Waals surface area contributed by atoms with Crippen molar-refractivity contribution in [3.8, 4) is 16.3 Å². The summed E-state index contributed by atoms with van der Waals surface area (Å²) in [5.41, 5.74) is 3.39. The van der Waals surface area contributed by atoms with Gasteiger partial charge in [0.05, 0.1) is 13.7 Å². The number of rotatable bonds is 5. The van der Waals surface area contributed by atoms with Crippen molar-refractivity contribution in [3.63, 3.8) is 0 Å². The Kier molecular flexibility index (Phi) is 7.37. The molecule has 196 valence electrons. The maximum atomic E-state index is 12.7. The summed E-state index contributed by atoms with van der Waals surface area (Å²) in [6.07, 6.45) is 3.43. The molecule has 1 aromatic heterocycles. The van der Waals surface area contributed by atoms with Crippen LogP contribution in [0.5, 0.6) is 5.75 Å². The van der Waals surface area contributed by atoms with Gasteiger partial charge in [-0.1, -0.05) is 41.5 Å². The fraction of sp³-hybridized carbons (Fsp3) is 0.607. The van der Waals surface area contributed by atoms with Crippen LogP contribution in [0.4, 0.5) is 4.79 Å². The number of ether oxygens (including phenoxy) is 2. The minimum Gasteiger partial charge on any atom is -0.496 e. The molecule has 7 nitrogen and oxygen atoms in total. The predicted octanol–water partition coefficient (Wildman–Crippen LogP) is 5.57. The lowest BCUT2D eigenvalue weighted by atomic mass is 9.78. The molecule has 2 fully saturated rings. The molecule has 2 saturated heterocycles. The SMILES string of the molecule is COc1c(C(C)(C)C)cc(-c2ncc(C3CCN(C(=O)CN4CCOC4=O)CC3)s2)cc1C(C)(C)C. The van der Waals surface area contributed by atoms with Crippen molar-refractivity contribution in [2.75, 3.05) is 39.9 Å². The molecule has 0 aliphatic carbocycles. The van der Waals surface area contributed by atoms with E-state index in [-0.39, 0.29) is 23.3 Å². The molecule has 2 amide bonds. The zero-order chi connectivity index (χ0) is 26.3. The number of nitrogens with zero attached hydrogens (tertiary/aromatic N) is 3. The van der Waals surface area contributed by atoms with Crippen LogP contribution < -0.4 is 4.74 Å². The molecule has 4 rings (SSSR count). The number of thiazole rings is 1. The molecule has 2 aliphatic rings. The van der Waals surface area contributed by atoms with Crippen molar-refractivity contribution < 1.29 is 19.1 Å². The number of methoxy groups -OCH3 is 1. The quantitative estimate of drug-likeness (QED) is 0.523. The van der Waals surface area contributed by atoms with Gasteiger partial charge in [0.15, 0.2) is 0 Å². The minimum absolute atomic E-state index is 0.0000502. The van der Waals surface area contributed by atoms with Gasteiger partial charge in [0.1, 0.15) is 23.9 Å². The second-order valence-corrected chi connectivity index (χ2v) is 12.9. The smallest absolute Gasteiger partial charge is 0.410 e. The molecular weight excluding hydrogens is 474 g/mol. The lowest BCUT2D eigenvalue weighted by Gasteiger charge is -2.32. The number of hydrogen-bond acceptors (Lipinski definition) is 6. The molecule has 8 heteroatoms. The zero-order valence-corrected chi connectivity index (χ0v) is 23.5. The standard InChI is InChI=1S/C28H39N3O4S/c1-27(2,3)20-14-19(15-21(24(20)34-7)28(4,5)6)25-29-16-22(36-25)18-8-10-30(11-9-18)23(32)17-31-12-13-35-26(31)33/h14-16,18H,8-13,17H2,1-7H3. The Morgan fingerprint density at radius 1 is 1.08 bits per heavy atom. The Bertz CT molecular complexity index is 1090. The predicted molar refractivity (Wildman–Crippen MR) is 143 cm³/mol. The maximum absolute atomic E-state index is 12.7. The third-order valence-corrected chi connectivity index (χ3v) is 8.31. The molecule has 36 heavy (non-hydrogen) atoms. The van der Waals surface area contributed by atoms with E-state index in [0.29, 0.717) is 32.2 Å². The van der Waals surface area contributed by atoms with Crippen molar-refractivity contribution >= 4 is 23.3 Å². The number of carbonyl (C=O) groups excluding carboxylic acids is 2. The number of cyclic esters (lactones) is 1. The van der Waals surface area contributed by atoms with Crippen molar-refractivity contribution in [2.45, 2.75) is 71.1 Å². The minimum atomic E-state index is -0.391. The third-order valence-electron chi connectivity index (χ3n) is 7.10. The van der Waals surface area contributed by atoms with Gasteiger partial charge in [-0.2, -0.15) is 0 Å². The summed E-state index contributed by atoms with van der Waals surface area (Å²) in [5, 5.41) is 1.02. The van der Waals surface area contributed by atoms with E-state index >= 15 is 0 Å². The average molecular weight is 514 g/mol. The molecule has 0 bridgehead atoms. The number of amides is 2. The van der Waals surface area contributed by atoms with Crippen molar-refractivity contribution in [2.24, 2.45) is 0 Å². The first-order valence-electron chi connectivity index (χ1n) is 12.8. The Morgan fingerprint density at radius 2 is 1.69 bits per heavy atom. The highest BCUT2D eigenvalue weighted by atomic mass is 32.1. The zero-order valence-electron chi connectivity index (χ0n) is 22.6. The molecular formula is C28H39N3O4S. The first-order chi connectivity index (χ1) is 16.9. The Hall–Kier alpha value is -2.61. The monoisotopic (exact) mass is 513 g/mol. The second kappa shape index (κ2) is 10.0. The van der Waals surface area contributed by atoms with E-state index in [0.717, 1.165) is 29.2 Å². The number of hydrogen-bond donors (Lipinski definition) is 0. The normalized spacial score (nSPS) is 17.5. The first-order valence-corrected chi connectivity index (χ1v) is 13.6. The van der Waals surface area contributed by atoms with Crippen LogP contribution in [-0.4, -0.2) is 66.7 Å². The van der Waals surface area contributed by atoms with Gasteiger partial charge in [-0.3, -0.25) is 9.69 Å². The molecule has 0 unspecified atom stereocenters. The molecule has 2 aliphatic heterocycles. The number of benzene rings is 1. The summed E-state index contributed by atoms with van der Waals surface area (Å²) in [7, 11) is 1.76. The first kappa shape index (κ1) is 26.5. The topological polar surface area (TPSA) is 72.0 Å². The van der Waals surface area contributed by atoms with Gasteiger partial charge < -0.3 is 14.4 Å². The van der Waals surface area contributed by atoms with Crippen molar-refractivity contribution in [3.05, 3.63) is 34.3 Å². The largest absolute Gasteiger partial charge is 0.496 e. The van der Waals surface area contributed by atoms with E-state index < -0.39 is 6.09 Å². The van der Waals surface area contributed by atoms with Crippen LogP contribution in [0, 0.1) is 0 Å². The number of piperidine rings is 1. The van der Waals surface area contributed by atoms with E-state index in [4.69, 9.17) is 14.5 Å². The van der Waals surface area contributed by atoms with Gasteiger partial charge >= 0.3 is 6.09 Å². The lowest BCUT2D eigenvalue weighted by Crippen LogP contribution is -2.44. The fourth-order valence-corrected chi connectivity index (χ4v) is 6.01. The van der Waals surface area contributed by atoms with Crippen LogP contribution >= 0.6 is 11.3 Å². The van der Waals surface area contributed by atoms with Gasteiger partial charge in [0.2, 0.25) is 5.91 Å².